The van der Waals surface area contributed by atoms with Crippen LogP contribution in [-0.4, -0.2) is 29.5 Å². The minimum absolute atomic E-state index is 0.0194. The van der Waals surface area contributed by atoms with E-state index >= 15 is 0 Å². The Balaban J connectivity index is 2.32. The molecule has 0 spiro atoms. The zero-order chi connectivity index (χ0) is 12.7. The predicted molar refractivity (Wildman–Crippen MR) is 66.4 cm³/mol. The Morgan fingerprint density at radius 1 is 1.53 bits per heavy atom. The third-order valence-corrected chi connectivity index (χ3v) is 4.96. The van der Waals surface area contributed by atoms with E-state index in [2.05, 4.69) is 4.98 Å². The van der Waals surface area contributed by atoms with Crippen molar-refractivity contribution >= 4 is 9.84 Å². The average molecular weight is 257 g/mol. The Morgan fingerprint density at radius 2 is 2.24 bits per heavy atom. The van der Waals surface area contributed by atoms with Crippen molar-refractivity contribution in [2.75, 3.05) is 11.5 Å². The molecule has 2 N–H and O–H groups in total. The molecule has 1 aliphatic heterocycles. The summed E-state index contributed by atoms with van der Waals surface area (Å²) < 4.78 is 25.2. The maximum atomic E-state index is 11.7. The number of nitrogens with zero attached hydrogens (tertiary/aromatic N) is 2. The summed E-state index contributed by atoms with van der Waals surface area (Å²) >= 11 is 0. The molecule has 6 heteroatoms. The van der Waals surface area contributed by atoms with Gasteiger partial charge in [0.05, 0.1) is 29.1 Å². The standard InChI is InChI=1S/C11H19N3O2S/c1-11(2,12)10-6-13-8-14(10)9-4-3-5-17(15,16)7-9/h6,8-9H,3-5,7,12H2,1-2H3. The van der Waals surface area contributed by atoms with Gasteiger partial charge in [0.25, 0.3) is 0 Å². The second-order valence-electron chi connectivity index (χ2n) is 5.32. The average Bonchev–Trinajstić information content (AvgIpc) is 2.63. The van der Waals surface area contributed by atoms with Crippen molar-refractivity contribution in [1.82, 2.24) is 9.55 Å². The highest BCUT2D eigenvalue weighted by atomic mass is 32.2. The summed E-state index contributed by atoms with van der Waals surface area (Å²) in [6.07, 6.45) is 5.00. The van der Waals surface area contributed by atoms with Crippen LogP contribution in [0.15, 0.2) is 12.5 Å². The lowest BCUT2D eigenvalue weighted by Gasteiger charge is -2.28. The zero-order valence-electron chi connectivity index (χ0n) is 10.3. The monoisotopic (exact) mass is 257 g/mol. The first-order valence-electron chi connectivity index (χ1n) is 5.81. The molecule has 1 aromatic rings. The summed E-state index contributed by atoms with van der Waals surface area (Å²) in [5.74, 6) is 0.506. The molecular weight excluding hydrogens is 238 g/mol. The topological polar surface area (TPSA) is 78.0 Å². The molecule has 1 unspecified atom stereocenters. The van der Waals surface area contributed by atoms with Gasteiger partial charge in [0, 0.05) is 12.2 Å². The van der Waals surface area contributed by atoms with Gasteiger partial charge in [-0.3, -0.25) is 0 Å². The van der Waals surface area contributed by atoms with E-state index in [1.54, 1.807) is 12.5 Å². The zero-order valence-corrected chi connectivity index (χ0v) is 11.1. The van der Waals surface area contributed by atoms with E-state index in [4.69, 9.17) is 5.73 Å². The first-order chi connectivity index (χ1) is 7.80. The number of rotatable bonds is 2. The molecular formula is C11H19N3O2S. The van der Waals surface area contributed by atoms with Crippen LogP contribution < -0.4 is 5.73 Å². The van der Waals surface area contributed by atoms with Gasteiger partial charge in [0.1, 0.15) is 0 Å². The highest BCUT2D eigenvalue weighted by Gasteiger charge is 2.29. The van der Waals surface area contributed by atoms with Crippen LogP contribution >= 0.6 is 0 Å². The first kappa shape index (κ1) is 12.6. The van der Waals surface area contributed by atoms with Crippen molar-refractivity contribution in [1.29, 1.82) is 0 Å². The van der Waals surface area contributed by atoms with Crippen LogP contribution in [0.4, 0.5) is 0 Å². The Labute approximate surface area is 102 Å². The van der Waals surface area contributed by atoms with Crippen LogP contribution in [0.1, 0.15) is 38.4 Å². The van der Waals surface area contributed by atoms with Gasteiger partial charge < -0.3 is 10.3 Å². The van der Waals surface area contributed by atoms with E-state index in [1.165, 1.54) is 0 Å². The number of aromatic nitrogens is 2. The molecule has 96 valence electrons. The smallest absolute Gasteiger partial charge is 0.152 e. The van der Waals surface area contributed by atoms with E-state index in [9.17, 15) is 8.42 Å². The number of sulfone groups is 1. The normalized spacial score (nSPS) is 24.8. The van der Waals surface area contributed by atoms with Crippen LogP contribution in [0, 0.1) is 0 Å². The van der Waals surface area contributed by atoms with Crippen molar-refractivity contribution in [2.24, 2.45) is 5.73 Å². The maximum absolute atomic E-state index is 11.7. The molecule has 0 bridgehead atoms. The van der Waals surface area contributed by atoms with E-state index in [0.29, 0.717) is 5.75 Å². The van der Waals surface area contributed by atoms with Gasteiger partial charge in [-0.1, -0.05) is 0 Å². The molecule has 5 nitrogen and oxygen atoms in total. The summed E-state index contributed by atoms with van der Waals surface area (Å²) in [6, 6.07) is -0.0194. The Bertz CT molecular complexity index is 499. The SMILES string of the molecule is CC(C)(N)c1cncn1C1CCCS(=O)(=O)C1. The van der Waals surface area contributed by atoms with Gasteiger partial charge in [-0.25, -0.2) is 13.4 Å². The van der Waals surface area contributed by atoms with E-state index in [1.807, 2.05) is 18.4 Å². The first-order valence-corrected chi connectivity index (χ1v) is 7.63. The van der Waals surface area contributed by atoms with Gasteiger partial charge in [0.15, 0.2) is 9.84 Å². The Hall–Kier alpha value is -0.880. The Kier molecular flexibility index (Phi) is 3.03. The number of hydrogen-bond acceptors (Lipinski definition) is 4. The molecule has 1 aliphatic rings. The second-order valence-corrected chi connectivity index (χ2v) is 7.55. The Morgan fingerprint density at radius 3 is 2.82 bits per heavy atom. The summed E-state index contributed by atoms with van der Waals surface area (Å²) in [4.78, 5) is 4.10. The fourth-order valence-corrected chi connectivity index (χ4v) is 4.00. The van der Waals surface area contributed by atoms with Crippen LogP contribution in [0.3, 0.4) is 0 Å². The van der Waals surface area contributed by atoms with Crippen molar-refractivity contribution in [3.05, 3.63) is 18.2 Å². The largest absolute Gasteiger partial charge is 0.329 e. The minimum Gasteiger partial charge on any atom is -0.329 e. The van der Waals surface area contributed by atoms with Crippen molar-refractivity contribution in [2.45, 2.75) is 38.3 Å². The number of imidazole rings is 1. The lowest BCUT2D eigenvalue weighted by Crippen LogP contribution is -2.35. The van der Waals surface area contributed by atoms with Gasteiger partial charge in [-0.2, -0.15) is 0 Å². The lowest BCUT2D eigenvalue weighted by atomic mass is 10.0. The summed E-state index contributed by atoms with van der Waals surface area (Å²) in [5, 5.41) is 0. The number of nitrogens with two attached hydrogens (primary N) is 1. The number of hydrogen-bond donors (Lipinski definition) is 1. The molecule has 0 amide bonds. The van der Waals surface area contributed by atoms with Crippen molar-refractivity contribution in [3.63, 3.8) is 0 Å². The van der Waals surface area contributed by atoms with Crippen LogP contribution in [0.2, 0.25) is 0 Å². The molecule has 0 aromatic carbocycles. The second kappa shape index (κ2) is 4.10. The summed E-state index contributed by atoms with van der Waals surface area (Å²) in [7, 11) is -2.91. The third-order valence-electron chi connectivity index (χ3n) is 3.16. The van der Waals surface area contributed by atoms with Gasteiger partial charge in [-0.15, -0.1) is 0 Å². The molecule has 1 atom stereocenters. The van der Waals surface area contributed by atoms with Gasteiger partial charge in [0.2, 0.25) is 0 Å². The van der Waals surface area contributed by atoms with E-state index in [0.717, 1.165) is 18.5 Å². The van der Waals surface area contributed by atoms with E-state index in [-0.39, 0.29) is 11.8 Å². The van der Waals surface area contributed by atoms with E-state index < -0.39 is 15.4 Å². The van der Waals surface area contributed by atoms with Crippen LogP contribution in [-0.2, 0) is 15.4 Å². The third kappa shape index (κ3) is 2.69. The van der Waals surface area contributed by atoms with Crippen LogP contribution in [0.5, 0.6) is 0 Å². The molecule has 0 aliphatic carbocycles. The van der Waals surface area contributed by atoms with Crippen molar-refractivity contribution < 1.29 is 8.42 Å². The molecule has 0 saturated carbocycles. The van der Waals surface area contributed by atoms with Crippen molar-refractivity contribution in [3.8, 4) is 0 Å². The molecule has 1 saturated heterocycles. The van der Waals surface area contributed by atoms with Gasteiger partial charge >= 0.3 is 0 Å². The molecule has 2 heterocycles. The van der Waals surface area contributed by atoms with Gasteiger partial charge in [-0.05, 0) is 26.7 Å². The minimum atomic E-state index is -2.91. The molecule has 17 heavy (non-hydrogen) atoms. The predicted octanol–water partition coefficient (Wildman–Crippen LogP) is 0.827. The molecule has 0 radical (unpaired) electrons. The molecule has 1 fully saturated rings. The summed E-state index contributed by atoms with van der Waals surface area (Å²) in [5.41, 5.74) is 6.45. The highest BCUT2D eigenvalue weighted by Crippen LogP contribution is 2.27. The summed E-state index contributed by atoms with van der Waals surface area (Å²) in [6.45, 7) is 3.80. The van der Waals surface area contributed by atoms with Crippen LogP contribution in [0.25, 0.3) is 0 Å². The molecule has 1 aromatic heterocycles. The molecule has 2 rings (SSSR count). The maximum Gasteiger partial charge on any atom is 0.152 e. The lowest BCUT2D eigenvalue weighted by molar-refractivity contribution is 0.418. The fraction of sp³-hybridized carbons (Fsp3) is 0.727. The quantitative estimate of drug-likeness (QED) is 0.851. The highest BCUT2D eigenvalue weighted by molar-refractivity contribution is 7.91. The fourth-order valence-electron chi connectivity index (χ4n) is 2.31.